The normalized spacial score (nSPS) is 10.8. The van der Waals surface area contributed by atoms with E-state index < -0.39 is 5.97 Å². The number of carboxylic acids is 1. The van der Waals surface area contributed by atoms with Gasteiger partial charge in [0.2, 0.25) is 0 Å². The Morgan fingerprint density at radius 3 is 2.85 bits per heavy atom. The fraction of sp³-hybridized carbons (Fsp3) is 0.133. The summed E-state index contributed by atoms with van der Waals surface area (Å²) in [6, 6.07) is 11.3. The number of hydrogen-bond donors (Lipinski definition) is 1. The number of hydrogen-bond acceptors (Lipinski definition) is 3. The van der Waals surface area contributed by atoms with Crippen LogP contribution in [0.15, 0.2) is 42.6 Å². The van der Waals surface area contributed by atoms with Gasteiger partial charge in [-0.3, -0.25) is 4.40 Å². The predicted octanol–water partition coefficient (Wildman–Crippen LogP) is 2.33. The molecule has 3 aromatic rings. The Balaban J connectivity index is 2.03. The van der Waals surface area contributed by atoms with Crippen LogP contribution < -0.4 is 0 Å². The van der Waals surface area contributed by atoms with Crippen LogP contribution in [0.3, 0.4) is 0 Å². The summed E-state index contributed by atoms with van der Waals surface area (Å²) < 4.78 is 1.73. The smallest absolute Gasteiger partial charge is 0.337 e. The van der Waals surface area contributed by atoms with Gasteiger partial charge in [0.05, 0.1) is 5.56 Å². The summed E-state index contributed by atoms with van der Waals surface area (Å²) in [6.45, 7) is 2.04. The number of nitrogens with zero attached hydrogens (tertiary/aromatic N) is 3. The Hall–Kier alpha value is -2.69. The number of aromatic carboxylic acids is 1. The summed E-state index contributed by atoms with van der Waals surface area (Å²) in [5.41, 5.74) is 3.18. The second-order valence-corrected chi connectivity index (χ2v) is 4.73. The molecule has 0 fully saturated rings. The van der Waals surface area contributed by atoms with Gasteiger partial charge < -0.3 is 5.11 Å². The van der Waals surface area contributed by atoms with Crippen LogP contribution in [0.1, 0.15) is 27.3 Å². The van der Waals surface area contributed by atoms with Crippen LogP contribution in [0.4, 0.5) is 0 Å². The average Bonchev–Trinajstić information content (AvgIpc) is 2.81. The quantitative estimate of drug-likeness (QED) is 0.790. The van der Waals surface area contributed by atoms with E-state index in [-0.39, 0.29) is 5.56 Å². The average molecular weight is 267 g/mol. The van der Waals surface area contributed by atoms with Crippen LogP contribution in [0, 0.1) is 6.92 Å². The van der Waals surface area contributed by atoms with E-state index in [9.17, 15) is 4.79 Å². The maximum Gasteiger partial charge on any atom is 0.337 e. The summed E-state index contributed by atoms with van der Waals surface area (Å²) in [7, 11) is 0. The van der Waals surface area contributed by atoms with Gasteiger partial charge in [0, 0.05) is 12.6 Å². The molecule has 0 spiro atoms. The lowest BCUT2D eigenvalue weighted by atomic mass is 10.1. The monoisotopic (exact) mass is 267 g/mol. The fourth-order valence-corrected chi connectivity index (χ4v) is 2.19. The molecule has 5 heteroatoms. The minimum absolute atomic E-state index is 0.225. The molecule has 0 saturated carbocycles. The number of pyridine rings is 1. The summed E-state index contributed by atoms with van der Waals surface area (Å²) in [4.78, 5) is 11.0. The fourth-order valence-electron chi connectivity index (χ4n) is 2.19. The van der Waals surface area contributed by atoms with E-state index in [1.165, 1.54) is 11.6 Å². The number of benzene rings is 1. The van der Waals surface area contributed by atoms with Gasteiger partial charge >= 0.3 is 5.97 Å². The summed E-state index contributed by atoms with van der Waals surface area (Å²) in [6.07, 6.45) is 2.18. The van der Waals surface area contributed by atoms with Crippen molar-refractivity contribution in [3.63, 3.8) is 0 Å². The second-order valence-electron chi connectivity index (χ2n) is 4.73. The van der Waals surface area contributed by atoms with Crippen molar-refractivity contribution in [3.8, 4) is 0 Å². The molecule has 20 heavy (non-hydrogen) atoms. The Labute approximate surface area is 115 Å². The van der Waals surface area contributed by atoms with Crippen molar-refractivity contribution >= 4 is 11.6 Å². The Morgan fingerprint density at radius 1 is 1.25 bits per heavy atom. The minimum atomic E-state index is -0.956. The summed E-state index contributed by atoms with van der Waals surface area (Å²) in [5.74, 6) is -0.226. The van der Waals surface area contributed by atoms with Gasteiger partial charge in [-0.1, -0.05) is 29.8 Å². The molecule has 2 heterocycles. The van der Waals surface area contributed by atoms with Crippen LogP contribution in [0.2, 0.25) is 0 Å². The van der Waals surface area contributed by atoms with E-state index >= 15 is 0 Å². The zero-order chi connectivity index (χ0) is 14.1. The molecule has 0 saturated heterocycles. The van der Waals surface area contributed by atoms with Gasteiger partial charge in [-0.2, -0.15) is 0 Å². The van der Waals surface area contributed by atoms with Crippen molar-refractivity contribution in [2.75, 3.05) is 0 Å². The van der Waals surface area contributed by atoms with Crippen LogP contribution in [0.25, 0.3) is 5.65 Å². The zero-order valence-electron chi connectivity index (χ0n) is 10.9. The molecular formula is C15H13N3O2. The minimum Gasteiger partial charge on any atom is -0.478 e. The molecule has 0 aliphatic rings. The van der Waals surface area contributed by atoms with Gasteiger partial charge in [-0.25, -0.2) is 4.79 Å². The van der Waals surface area contributed by atoms with Crippen molar-refractivity contribution in [2.24, 2.45) is 0 Å². The van der Waals surface area contributed by atoms with Crippen molar-refractivity contribution in [1.29, 1.82) is 0 Å². The molecule has 0 bridgehead atoms. The molecule has 0 atom stereocenters. The highest BCUT2D eigenvalue weighted by Crippen LogP contribution is 2.12. The number of fused-ring (bicyclic) bond motifs is 1. The Morgan fingerprint density at radius 2 is 2.10 bits per heavy atom. The lowest BCUT2D eigenvalue weighted by Crippen LogP contribution is -2.01. The summed E-state index contributed by atoms with van der Waals surface area (Å²) >= 11 is 0. The lowest BCUT2D eigenvalue weighted by molar-refractivity contribution is 0.0696. The van der Waals surface area contributed by atoms with Crippen molar-refractivity contribution in [1.82, 2.24) is 14.6 Å². The third-order valence-corrected chi connectivity index (χ3v) is 3.16. The molecule has 0 radical (unpaired) electrons. The molecule has 1 aromatic carbocycles. The molecule has 0 unspecified atom stereocenters. The highest BCUT2D eigenvalue weighted by molar-refractivity contribution is 5.87. The third-order valence-electron chi connectivity index (χ3n) is 3.16. The first-order valence-electron chi connectivity index (χ1n) is 6.26. The van der Waals surface area contributed by atoms with Gasteiger partial charge in [0.15, 0.2) is 5.65 Å². The van der Waals surface area contributed by atoms with Crippen LogP contribution in [-0.2, 0) is 6.42 Å². The molecule has 5 nitrogen and oxygen atoms in total. The predicted molar refractivity (Wildman–Crippen MR) is 73.9 cm³/mol. The first-order chi connectivity index (χ1) is 9.63. The van der Waals surface area contributed by atoms with Gasteiger partial charge in [-0.05, 0) is 24.6 Å². The molecule has 0 aliphatic carbocycles. The van der Waals surface area contributed by atoms with Crippen LogP contribution in [0.5, 0.6) is 0 Å². The van der Waals surface area contributed by atoms with E-state index in [4.69, 9.17) is 5.11 Å². The standard InChI is InChI=1S/C15H13N3O2/c1-10-3-2-4-11(7-10)8-14-17-16-13-6-5-12(15(19)20)9-18(13)14/h2-7,9H,8H2,1H3,(H,19,20). The SMILES string of the molecule is Cc1cccc(Cc2nnc3ccc(C(=O)O)cn23)c1. The number of rotatable bonds is 3. The molecule has 0 aliphatic heterocycles. The van der Waals surface area contributed by atoms with E-state index in [2.05, 4.69) is 16.3 Å². The molecule has 0 amide bonds. The largest absolute Gasteiger partial charge is 0.478 e. The first-order valence-corrected chi connectivity index (χ1v) is 6.26. The Kier molecular flexibility index (Phi) is 2.95. The topological polar surface area (TPSA) is 67.5 Å². The van der Waals surface area contributed by atoms with Crippen molar-refractivity contribution < 1.29 is 9.90 Å². The lowest BCUT2D eigenvalue weighted by Gasteiger charge is -2.03. The number of carboxylic acid groups (broad SMARTS) is 1. The molecule has 2 aromatic heterocycles. The number of aryl methyl sites for hydroxylation is 1. The number of aromatic nitrogens is 3. The highest BCUT2D eigenvalue weighted by Gasteiger charge is 2.10. The second kappa shape index (κ2) is 4.77. The van der Waals surface area contributed by atoms with Gasteiger partial charge in [0.25, 0.3) is 0 Å². The maximum atomic E-state index is 11.0. The molecule has 3 rings (SSSR count). The zero-order valence-corrected chi connectivity index (χ0v) is 10.9. The van der Waals surface area contributed by atoms with Gasteiger partial charge in [0.1, 0.15) is 5.82 Å². The molecule has 100 valence electrons. The van der Waals surface area contributed by atoms with Crippen molar-refractivity contribution in [2.45, 2.75) is 13.3 Å². The van der Waals surface area contributed by atoms with Crippen LogP contribution in [-0.4, -0.2) is 25.7 Å². The molecular weight excluding hydrogens is 254 g/mol. The maximum absolute atomic E-state index is 11.0. The summed E-state index contributed by atoms with van der Waals surface area (Å²) in [5, 5.41) is 17.2. The van der Waals surface area contributed by atoms with E-state index in [0.29, 0.717) is 12.1 Å². The number of carbonyl (C=O) groups is 1. The van der Waals surface area contributed by atoms with E-state index in [0.717, 1.165) is 11.4 Å². The van der Waals surface area contributed by atoms with E-state index in [1.807, 2.05) is 25.1 Å². The first kappa shape index (κ1) is 12.3. The van der Waals surface area contributed by atoms with Crippen molar-refractivity contribution in [3.05, 3.63) is 65.1 Å². The molecule has 1 N–H and O–H groups in total. The third kappa shape index (κ3) is 2.25. The van der Waals surface area contributed by atoms with Gasteiger partial charge in [-0.15, -0.1) is 10.2 Å². The highest BCUT2D eigenvalue weighted by atomic mass is 16.4. The Bertz CT molecular complexity index is 793. The van der Waals surface area contributed by atoms with Crippen LogP contribution >= 0.6 is 0 Å². The van der Waals surface area contributed by atoms with E-state index in [1.54, 1.807) is 16.7 Å².